The van der Waals surface area contributed by atoms with Gasteiger partial charge in [0.05, 0.1) is 58.7 Å². The molecule has 4 fully saturated rings. The van der Waals surface area contributed by atoms with E-state index in [9.17, 15) is 50.1 Å². The van der Waals surface area contributed by atoms with Crippen molar-refractivity contribution < 1.29 is 69.1 Å². The van der Waals surface area contributed by atoms with Gasteiger partial charge in [0.25, 0.3) is 11.7 Å². The van der Waals surface area contributed by atoms with E-state index < -0.39 is 101 Å². The molecule has 7 aliphatic rings. The molecule has 1 amide bonds. The number of esters is 1. The lowest BCUT2D eigenvalue weighted by Gasteiger charge is -2.44. The Morgan fingerprint density at radius 2 is 1.60 bits per heavy atom. The van der Waals surface area contributed by atoms with Crippen LogP contribution >= 0.6 is 0 Å². The first-order valence-electron chi connectivity index (χ1n) is 33.4. The number of carbonyl (C=O) groups is 3. The van der Waals surface area contributed by atoms with Crippen LogP contribution in [0.5, 0.6) is 17.2 Å². The standard InChI is InChI=1S/C46H62N4O11.C27H44O3/c1-22(2)21-50-18-16-46(17-19-50)48-34-31-32-39(54)28(8)42-33(31)43(56)45(10,61-42)59-20-15-30(58-11)25(5)41(60-29(9)51)27(7)38(53)26(6)37(52)23(3)13-12-14-24(4)44(57)47-36(40(32)55)35(34)49-46;1-18(8-6-14-26(3,4)30)23-12-13-24-20(9-7-15-27(23,24)5)10-11-21-16-22(28)17-25(29)19(21)2/h12-15,20,22-23,25-27,30,37-38,41,52-55H,16-19,21H2,1-11H3,(H,47,57);10-11,18,22-25,28-30H,2,6-9,12-17H2,1,3-5H3/b13-12+,20-15+,24-14-;20-10+,21-11-/t23-,25+,26+,27+,30-,37-,38+,41+,45-;18-,22-,23-,24+,25+,27-/m01/s1. The molecule has 15 atom stereocenters. The van der Waals surface area contributed by atoms with Crippen LogP contribution in [0, 0.1) is 59.7 Å². The first kappa shape index (κ1) is 71.1. The average Bonchev–Trinajstić information content (AvgIpc) is 1.58. The van der Waals surface area contributed by atoms with E-state index in [1.807, 2.05) is 13.8 Å². The van der Waals surface area contributed by atoms with Crippen molar-refractivity contribution in [2.24, 2.45) is 62.7 Å². The lowest BCUT2D eigenvalue weighted by atomic mass is 9.60. The number of nitrogens with one attached hydrogen (secondary N) is 1. The highest BCUT2D eigenvalue weighted by molar-refractivity contribution is 6.19. The normalized spacial score (nSPS) is 34.7. The van der Waals surface area contributed by atoms with Crippen LogP contribution in [0.4, 0.5) is 5.69 Å². The predicted octanol–water partition coefficient (Wildman–Crippen LogP) is 10.5. The molecule has 0 radical (unpaired) electrons. The number of aliphatic hydroxyl groups excluding tert-OH is 4. The summed E-state index contributed by atoms with van der Waals surface area (Å²) >= 11 is 0. The fourth-order valence-electron chi connectivity index (χ4n) is 15.9. The van der Waals surface area contributed by atoms with E-state index in [0.29, 0.717) is 61.9 Å². The predicted molar refractivity (Wildman–Crippen MR) is 352 cm³/mol. The zero-order valence-electron chi connectivity index (χ0n) is 56.8. The summed E-state index contributed by atoms with van der Waals surface area (Å²) in [5, 5.41) is 80.4. The number of carbonyl (C=O) groups excluding carboxylic acids is 3. The van der Waals surface area contributed by atoms with Gasteiger partial charge in [0.2, 0.25) is 0 Å². The molecule has 2 aromatic carbocycles. The van der Waals surface area contributed by atoms with Crippen molar-refractivity contribution in [3.8, 4) is 17.2 Å². The van der Waals surface area contributed by atoms with Crippen molar-refractivity contribution in [2.45, 2.75) is 228 Å². The summed E-state index contributed by atoms with van der Waals surface area (Å²) in [6.07, 6.45) is 18.9. The SMILES string of the molecule is C=C1/C(=C\C=C2/CCC[C@]3(C)[C@@H]([C@H](C)CCCC(C)(C)O)CC[C@@H]23)C[C@@H](O)C[C@@H]1O.CO[C@H]1/C=C/O[C@@]2(C)Oc3c(C)c(O)c4c(O)c(c5c(c4c3C2=O)=NC2(CCN(CC(C)C)CC2)N=5)NC(=O)/C(C)=C\C=C\[C@H](C)[C@H](O)[C@@H](C)[C@@H](O)[C@@H](C)[C@H](OC(C)=O)[C@@H]1C. The molecule has 1 saturated heterocycles. The number of fused-ring (bicyclic) bond motifs is 2. The van der Waals surface area contributed by atoms with Crippen molar-refractivity contribution in [3.63, 3.8) is 0 Å². The fraction of sp³-hybridized carbons (Fsp3) is 0.658. The highest BCUT2D eigenvalue weighted by atomic mass is 16.7. The molecule has 3 saturated carbocycles. The van der Waals surface area contributed by atoms with Crippen LogP contribution in [-0.4, -0.2) is 139 Å². The number of rotatable bonds is 10. The van der Waals surface area contributed by atoms with E-state index >= 15 is 0 Å². The Kier molecular flexibility index (Phi) is 22.2. The average molecular weight is 1260 g/mol. The molecule has 4 aliphatic heterocycles. The second-order valence-corrected chi connectivity index (χ2v) is 29.3. The molecule has 3 aliphatic carbocycles. The molecule has 1 spiro atoms. The Labute approximate surface area is 539 Å². The van der Waals surface area contributed by atoms with Crippen LogP contribution in [0.25, 0.3) is 10.8 Å². The largest absolute Gasteiger partial charge is 0.507 e. The van der Waals surface area contributed by atoms with Crippen molar-refractivity contribution >= 4 is 34.1 Å². The summed E-state index contributed by atoms with van der Waals surface area (Å²) < 4.78 is 24.0. The third kappa shape index (κ3) is 15.1. The summed E-state index contributed by atoms with van der Waals surface area (Å²) in [6, 6.07) is 0. The Morgan fingerprint density at radius 3 is 2.25 bits per heavy atom. The van der Waals surface area contributed by atoms with Gasteiger partial charge in [-0.2, -0.15) is 0 Å². The van der Waals surface area contributed by atoms with E-state index in [0.717, 1.165) is 36.5 Å². The van der Waals surface area contributed by atoms with Crippen LogP contribution in [-0.2, 0) is 23.8 Å². The number of methoxy groups -OCH3 is 1. The zero-order valence-corrected chi connectivity index (χ0v) is 56.8. The number of ether oxygens (including phenoxy) is 4. The van der Waals surface area contributed by atoms with Crippen LogP contribution < -0.4 is 20.8 Å². The number of allylic oxidation sites excluding steroid dienone is 5. The molecule has 18 nitrogen and oxygen atoms in total. The Hall–Kier alpha value is -5.73. The number of likely N-dealkylation sites (tertiary alicyclic amines) is 1. The second kappa shape index (κ2) is 28.5. The number of aromatic hydroxyl groups is 2. The Balaban J connectivity index is 0.000000297. The molecule has 502 valence electrons. The molecule has 0 aromatic heterocycles. The van der Waals surface area contributed by atoms with Crippen molar-refractivity contribution in [2.75, 3.05) is 32.1 Å². The molecular formula is C73H106N4O14. The van der Waals surface area contributed by atoms with Crippen molar-refractivity contribution in [1.82, 2.24) is 4.90 Å². The molecule has 4 heterocycles. The number of anilines is 1. The van der Waals surface area contributed by atoms with Gasteiger partial charge in [-0.25, -0.2) is 0 Å². The monoisotopic (exact) mass is 1260 g/mol. The first-order chi connectivity index (χ1) is 42.7. The van der Waals surface area contributed by atoms with Crippen LogP contribution in [0.2, 0.25) is 0 Å². The van der Waals surface area contributed by atoms with Gasteiger partial charge in [0, 0.05) is 100 Å². The summed E-state index contributed by atoms with van der Waals surface area (Å²) in [5.41, 5.74) is 2.60. The summed E-state index contributed by atoms with van der Waals surface area (Å²) in [4.78, 5) is 53.7. The Bertz CT molecular complexity index is 3350. The van der Waals surface area contributed by atoms with Gasteiger partial charge in [-0.3, -0.25) is 24.4 Å². The Morgan fingerprint density at radius 1 is 0.923 bits per heavy atom. The number of phenolic OH excluding ortho intramolecular Hbond substituents is 2. The van der Waals surface area contributed by atoms with Gasteiger partial charge in [0.1, 0.15) is 28.6 Å². The molecule has 9 rings (SSSR count). The number of benzene rings is 2. The van der Waals surface area contributed by atoms with E-state index in [4.69, 9.17) is 28.9 Å². The maximum Gasteiger partial charge on any atom is 0.312 e. The number of hydrogen-bond donors (Lipinski definition) is 8. The molecule has 8 N–H and O–H groups in total. The number of ketones is 1. The van der Waals surface area contributed by atoms with Crippen LogP contribution in [0.1, 0.15) is 183 Å². The molecule has 0 unspecified atom stereocenters. The number of aliphatic hydroxyl groups is 5. The highest BCUT2D eigenvalue weighted by Gasteiger charge is 2.52. The summed E-state index contributed by atoms with van der Waals surface area (Å²) in [5.74, 6) is -4.34. The van der Waals surface area contributed by atoms with Crippen molar-refractivity contribution in [3.05, 3.63) is 93.4 Å². The number of phenols is 2. The minimum absolute atomic E-state index is 0.0364. The number of Topliss-reactive ketones (excluding diaryl/α,β-unsaturated/α-hetero) is 1. The van der Waals surface area contributed by atoms with Gasteiger partial charge >= 0.3 is 11.8 Å². The maximum atomic E-state index is 14.7. The molecule has 91 heavy (non-hydrogen) atoms. The molecule has 18 heteroatoms. The summed E-state index contributed by atoms with van der Waals surface area (Å²) in [6.45, 7) is 32.4. The third-order valence-corrected chi connectivity index (χ3v) is 21.3. The van der Waals surface area contributed by atoms with Gasteiger partial charge in [-0.15, -0.1) is 0 Å². The first-order valence-corrected chi connectivity index (χ1v) is 33.4. The number of nitrogens with zero attached hydrogens (tertiary/aromatic N) is 3. The van der Waals surface area contributed by atoms with Crippen molar-refractivity contribution in [1.29, 1.82) is 0 Å². The van der Waals surface area contributed by atoms with Crippen LogP contribution in [0.15, 0.2) is 81.6 Å². The zero-order chi connectivity index (χ0) is 67.0. The lowest BCUT2D eigenvalue weighted by Crippen LogP contribution is -2.46. The molecular weight excluding hydrogens is 1160 g/mol. The van der Waals surface area contributed by atoms with E-state index in [1.54, 1.807) is 71.4 Å². The third-order valence-electron chi connectivity index (χ3n) is 21.3. The molecule has 2 aromatic rings. The molecule has 4 bridgehead atoms. The maximum absolute atomic E-state index is 14.7. The smallest absolute Gasteiger partial charge is 0.312 e. The lowest BCUT2D eigenvalue weighted by molar-refractivity contribution is -0.160. The van der Waals surface area contributed by atoms with E-state index in [-0.39, 0.29) is 55.4 Å². The minimum Gasteiger partial charge on any atom is -0.507 e. The van der Waals surface area contributed by atoms with Gasteiger partial charge in [-0.05, 0) is 119 Å². The van der Waals surface area contributed by atoms with E-state index in [2.05, 4.69) is 56.6 Å². The number of amides is 1. The number of piperidine rings is 1. The second-order valence-electron chi connectivity index (χ2n) is 29.3. The van der Waals surface area contributed by atoms with Gasteiger partial charge in [-0.1, -0.05) is 111 Å². The quantitative estimate of drug-likeness (QED) is 0.0812. The number of hydrogen-bond acceptors (Lipinski definition) is 17. The van der Waals surface area contributed by atoms with Crippen LogP contribution in [0.3, 0.4) is 0 Å². The van der Waals surface area contributed by atoms with Gasteiger partial charge in [0.15, 0.2) is 11.4 Å². The van der Waals surface area contributed by atoms with E-state index in [1.165, 1.54) is 65.7 Å². The summed E-state index contributed by atoms with van der Waals surface area (Å²) in [7, 11) is 1.47. The highest BCUT2D eigenvalue weighted by Crippen LogP contribution is 2.60. The topological polar surface area (TPSA) is 270 Å². The minimum atomic E-state index is -1.96. The fourth-order valence-corrected chi connectivity index (χ4v) is 15.9. The van der Waals surface area contributed by atoms with Gasteiger partial charge < -0.3 is 64.9 Å².